The Kier molecular flexibility index (Phi) is 9.34. The van der Waals surface area contributed by atoms with Gasteiger partial charge < -0.3 is 14.3 Å². The topological polar surface area (TPSA) is 42.3 Å². The number of benzene rings is 1. The molecule has 5 heteroatoms. The lowest BCUT2D eigenvalue weighted by Gasteiger charge is -2.15. The molecule has 2 aliphatic rings. The van der Waals surface area contributed by atoms with Crippen LogP contribution in [0.1, 0.15) is 53.4 Å². The molecule has 0 atom stereocenters. The van der Waals surface area contributed by atoms with Gasteiger partial charge in [-0.05, 0) is 74.3 Å². The number of halogens is 1. The van der Waals surface area contributed by atoms with Crippen LogP contribution in [0.5, 0.6) is 0 Å². The number of anilines is 1. The van der Waals surface area contributed by atoms with Gasteiger partial charge in [0.15, 0.2) is 0 Å². The molecule has 1 aliphatic heterocycles. The maximum atomic E-state index is 12.6. The molecular weight excluding hydrogens is 487 g/mol. The molecule has 1 aliphatic carbocycles. The maximum absolute atomic E-state index is 12.6. The van der Waals surface area contributed by atoms with Crippen molar-refractivity contribution >= 4 is 50.9 Å². The highest BCUT2D eigenvalue weighted by atomic mass is 127. The van der Waals surface area contributed by atoms with Crippen molar-refractivity contribution in [3.05, 3.63) is 53.3 Å². The van der Waals surface area contributed by atoms with E-state index in [0.717, 1.165) is 30.6 Å². The van der Waals surface area contributed by atoms with Gasteiger partial charge in [0, 0.05) is 35.4 Å². The van der Waals surface area contributed by atoms with Gasteiger partial charge in [-0.1, -0.05) is 47.6 Å². The minimum Gasteiger partial charge on any atom is -0.351 e. The van der Waals surface area contributed by atoms with E-state index in [0.29, 0.717) is 0 Å². The standard InChI is InChI=1S/C18H18N2O.C4H9I.C3H6O/c1-12-4-3-5-15-16(12)11-20(18(15)21)14-6-7-17-13(10-14)8-9-19(17)2;1-2-3-4-5;1-3(2)4/h5-10H,3-4,11H2,1-2H3;2-4H2,1H3;1-2H3. The van der Waals surface area contributed by atoms with E-state index < -0.39 is 0 Å². The molecule has 0 radical (unpaired) electrons. The summed E-state index contributed by atoms with van der Waals surface area (Å²) in [6.07, 6.45) is 8.93. The molecule has 1 aromatic heterocycles. The van der Waals surface area contributed by atoms with Crippen molar-refractivity contribution in [1.82, 2.24) is 4.57 Å². The third-order valence-corrected chi connectivity index (χ3v) is 5.93. The van der Waals surface area contributed by atoms with E-state index in [1.165, 1.54) is 53.2 Å². The quantitative estimate of drug-likeness (QED) is 0.348. The van der Waals surface area contributed by atoms with E-state index in [1.807, 2.05) is 18.0 Å². The van der Waals surface area contributed by atoms with Crippen LogP contribution in [0.3, 0.4) is 0 Å². The SMILES string of the molecule is CC(C)=O.CC1=C2CN(c3ccc4c(ccn4C)c3)C(=O)C2=CCC1.CCCCI. The number of fused-ring (bicyclic) bond motifs is 2. The fraction of sp³-hybridized carbons (Fsp3) is 0.440. The number of nitrogens with zero attached hydrogens (tertiary/aromatic N) is 2. The van der Waals surface area contributed by atoms with Gasteiger partial charge in [-0.15, -0.1) is 0 Å². The number of alkyl halides is 1. The van der Waals surface area contributed by atoms with Crippen LogP contribution in [0, 0.1) is 0 Å². The average Bonchev–Trinajstić information content (AvgIpc) is 3.24. The van der Waals surface area contributed by atoms with E-state index in [1.54, 1.807) is 0 Å². The lowest BCUT2D eigenvalue weighted by Crippen LogP contribution is -2.24. The number of ketones is 1. The predicted molar refractivity (Wildman–Crippen MR) is 135 cm³/mol. The Hall–Kier alpha value is -1.89. The van der Waals surface area contributed by atoms with Crippen LogP contribution in [0.4, 0.5) is 5.69 Å². The number of Topliss-reactive ketones (excluding diaryl/α,β-unsaturated/α-hetero) is 1. The number of aromatic nitrogens is 1. The van der Waals surface area contributed by atoms with Crippen molar-refractivity contribution in [2.75, 3.05) is 15.9 Å². The monoisotopic (exact) mass is 520 g/mol. The van der Waals surface area contributed by atoms with Gasteiger partial charge in [-0.3, -0.25) is 4.79 Å². The maximum Gasteiger partial charge on any atom is 0.258 e. The summed E-state index contributed by atoms with van der Waals surface area (Å²) in [7, 11) is 2.04. The highest BCUT2D eigenvalue weighted by Crippen LogP contribution is 2.35. The van der Waals surface area contributed by atoms with Gasteiger partial charge in [0.25, 0.3) is 5.91 Å². The van der Waals surface area contributed by atoms with Crippen LogP contribution in [0.25, 0.3) is 10.9 Å². The third-order valence-electron chi connectivity index (χ3n) is 5.17. The van der Waals surface area contributed by atoms with E-state index in [2.05, 4.69) is 71.5 Å². The third kappa shape index (κ3) is 6.06. The minimum atomic E-state index is 0.152. The molecule has 0 saturated carbocycles. The number of hydrogen-bond acceptors (Lipinski definition) is 2. The number of carbonyl (C=O) groups is 2. The van der Waals surface area contributed by atoms with Crippen LogP contribution in [0.2, 0.25) is 0 Å². The Morgan fingerprint density at radius 3 is 2.47 bits per heavy atom. The van der Waals surface area contributed by atoms with Gasteiger partial charge in [-0.2, -0.15) is 0 Å². The molecule has 0 N–H and O–H groups in total. The summed E-state index contributed by atoms with van der Waals surface area (Å²) in [5, 5.41) is 1.18. The molecule has 1 amide bonds. The summed E-state index contributed by atoms with van der Waals surface area (Å²) < 4.78 is 3.41. The smallest absolute Gasteiger partial charge is 0.258 e. The van der Waals surface area contributed by atoms with E-state index in [9.17, 15) is 9.59 Å². The first-order chi connectivity index (χ1) is 14.3. The normalized spacial score (nSPS) is 15.2. The van der Waals surface area contributed by atoms with Crippen LogP contribution >= 0.6 is 22.6 Å². The number of hydrogen-bond donors (Lipinski definition) is 0. The number of unbranched alkanes of at least 4 members (excludes halogenated alkanes) is 1. The van der Waals surface area contributed by atoms with Gasteiger partial charge in [-0.25, -0.2) is 0 Å². The van der Waals surface area contributed by atoms with Gasteiger partial charge >= 0.3 is 0 Å². The average molecular weight is 520 g/mol. The molecule has 0 unspecified atom stereocenters. The van der Waals surface area contributed by atoms with Crippen LogP contribution < -0.4 is 4.90 Å². The van der Waals surface area contributed by atoms with E-state index >= 15 is 0 Å². The van der Waals surface area contributed by atoms with Crippen LogP contribution in [0.15, 0.2) is 53.3 Å². The highest BCUT2D eigenvalue weighted by Gasteiger charge is 2.33. The summed E-state index contributed by atoms with van der Waals surface area (Å²) in [5.74, 6) is 0.319. The highest BCUT2D eigenvalue weighted by molar-refractivity contribution is 14.1. The Morgan fingerprint density at radius 1 is 1.20 bits per heavy atom. The number of allylic oxidation sites excluding steroid dienone is 2. The second-order valence-electron chi connectivity index (χ2n) is 7.93. The van der Waals surface area contributed by atoms with Crippen molar-refractivity contribution in [1.29, 1.82) is 0 Å². The summed E-state index contributed by atoms with van der Waals surface area (Å²) >= 11 is 2.39. The molecular formula is C25H33IN2O2. The Balaban J connectivity index is 0.000000304. The van der Waals surface area contributed by atoms with E-state index in [-0.39, 0.29) is 11.7 Å². The van der Waals surface area contributed by atoms with Gasteiger partial charge in [0.2, 0.25) is 0 Å². The molecule has 2 aromatic rings. The molecule has 0 bridgehead atoms. The summed E-state index contributed by atoms with van der Waals surface area (Å²) in [6.45, 7) is 8.13. The van der Waals surface area contributed by atoms with Gasteiger partial charge in [0.05, 0.1) is 6.54 Å². The minimum absolute atomic E-state index is 0.152. The fourth-order valence-electron chi connectivity index (χ4n) is 3.53. The van der Waals surface area contributed by atoms with Crippen molar-refractivity contribution in [2.24, 2.45) is 7.05 Å². The summed E-state index contributed by atoms with van der Waals surface area (Å²) in [5.41, 5.74) is 5.71. The second-order valence-corrected chi connectivity index (χ2v) is 9.01. The summed E-state index contributed by atoms with van der Waals surface area (Å²) in [4.78, 5) is 24.0. The number of rotatable bonds is 3. The van der Waals surface area contributed by atoms with Crippen molar-refractivity contribution < 1.29 is 9.59 Å². The zero-order chi connectivity index (χ0) is 22.3. The van der Waals surface area contributed by atoms with Crippen molar-refractivity contribution in [3.8, 4) is 0 Å². The molecule has 2 heterocycles. The van der Waals surface area contributed by atoms with Crippen LogP contribution in [-0.4, -0.2) is 27.2 Å². The molecule has 30 heavy (non-hydrogen) atoms. The number of amides is 1. The Bertz CT molecular complexity index is 963. The number of carbonyl (C=O) groups excluding carboxylic acids is 2. The lowest BCUT2D eigenvalue weighted by atomic mass is 9.94. The first kappa shape index (κ1) is 24.4. The van der Waals surface area contributed by atoms with Crippen molar-refractivity contribution in [3.63, 3.8) is 0 Å². The first-order valence-corrected chi connectivity index (χ1v) is 12.1. The summed E-state index contributed by atoms with van der Waals surface area (Å²) in [6, 6.07) is 8.35. The second kappa shape index (κ2) is 11.5. The largest absolute Gasteiger partial charge is 0.351 e. The molecule has 1 fully saturated rings. The fourth-order valence-corrected chi connectivity index (χ4v) is 4.29. The Morgan fingerprint density at radius 2 is 1.90 bits per heavy atom. The molecule has 0 spiro atoms. The molecule has 4 rings (SSSR count). The molecule has 4 nitrogen and oxygen atoms in total. The first-order valence-electron chi connectivity index (χ1n) is 10.6. The van der Waals surface area contributed by atoms with Gasteiger partial charge in [0.1, 0.15) is 5.78 Å². The molecule has 1 saturated heterocycles. The zero-order valence-electron chi connectivity index (χ0n) is 18.8. The molecule has 1 aromatic carbocycles. The zero-order valence-corrected chi connectivity index (χ0v) is 21.0. The lowest BCUT2D eigenvalue weighted by molar-refractivity contribution is -0.115. The van der Waals surface area contributed by atoms with Crippen molar-refractivity contribution in [2.45, 2.75) is 53.4 Å². The predicted octanol–water partition coefficient (Wildman–Crippen LogP) is 6.38. The molecule has 162 valence electrons. The van der Waals surface area contributed by atoms with Crippen LogP contribution in [-0.2, 0) is 16.6 Å². The Labute approximate surface area is 194 Å². The van der Waals surface area contributed by atoms with E-state index in [4.69, 9.17) is 0 Å². The number of aryl methyl sites for hydroxylation is 1.